The third-order valence-electron chi connectivity index (χ3n) is 2.53. The van der Waals surface area contributed by atoms with Crippen molar-refractivity contribution in [2.45, 2.75) is 13.1 Å². The summed E-state index contributed by atoms with van der Waals surface area (Å²) in [6.07, 6.45) is -4.68. The molecule has 0 amide bonds. The molecule has 1 N–H and O–H groups in total. The van der Waals surface area contributed by atoms with E-state index in [9.17, 15) is 22.4 Å². The lowest BCUT2D eigenvalue weighted by Gasteiger charge is -2.09. The van der Waals surface area contributed by atoms with Gasteiger partial charge in [-0.3, -0.25) is 4.79 Å². The molecular weight excluding hydrogens is 344 g/mol. The van der Waals surface area contributed by atoms with Crippen LogP contribution in [0.2, 0.25) is 0 Å². The number of benzene rings is 1. The van der Waals surface area contributed by atoms with E-state index in [0.29, 0.717) is 11.8 Å². The lowest BCUT2D eigenvalue weighted by molar-refractivity contribution is -0.137. The Bertz CT molecular complexity index is 724. The molecule has 0 saturated carbocycles. The van der Waals surface area contributed by atoms with Crippen LogP contribution >= 0.6 is 15.9 Å². The van der Waals surface area contributed by atoms with Crippen LogP contribution in [0.4, 0.5) is 17.6 Å². The highest BCUT2D eigenvalue weighted by Gasteiger charge is 2.31. The summed E-state index contributed by atoms with van der Waals surface area (Å²) < 4.78 is 51.3. The Labute approximate surface area is 118 Å². The maximum absolute atomic E-state index is 13.3. The van der Waals surface area contributed by atoms with Crippen LogP contribution in [0.3, 0.4) is 0 Å². The number of nitrogens with one attached hydrogen (secondary N) is 1. The SMILES string of the molecule is Cc1nc(-c2cc(F)cc(C(F)(F)F)c2)[nH]c(=O)c1Br. The second kappa shape index (κ2) is 5.01. The quantitative estimate of drug-likeness (QED) is 0.797. The first-order chi connectivity index (χ1) is 9.18. The Morgan fingerprint density at radius 2 is 1.90 bits per heavy atom. The molecule has 0 fully saturated rings. The molecule has 20 heavy (non-hydrogen) atoms. The van der Waals surface area contributed by atoms with Crippen molar-refractivity contribution in [2.24, 2.45) is 0 Å². The van der Waals surface area contributed by atoms with E-state index in [-0.39, 0.29) is 15.9 Å². The summed E-state index contributed by atoms with van der Waals surface area (Å²) in [7, 11) is 0. The van der Waals surface area contributed by atoms with E-state index in [4.69, 9.17) is 0 Å². The maximum atomic E-state index is 13.3. The Kier molecular flexibility index (Phi) is 3.68. The number of rotatable bonds is 1. The largest absolute Gasteiger partial charge is 0.416 e. The summed E-state index contributed by atoms with van der Waals surface area (Å²) in [5.74, 6) is -1.18. The van der Waals surface area contributed by atoms with Crippen molar-refractivity contribution in [1.29, 1.82) is 0 Å². The number of alkyl halides is 3. The highest BCUT2D eigenvalue weighted by atomic mass is 79.9. The minimum absolute atomic E-state index is 0.124. The van der Waals surface area contributed by atoms with Crippen LogP contribution in [-0.4, -0.2) is 9.97 Å². The number of aromatic amines is 1. The van der Waals surface area contributed by atoms with Gasteiger partial charge >= 0.3 is 6.18 Å². The Morgan fingerprint density at radius 3 is 2.45 bits per heavy atom. The number of hydrogen-bond donors (Lipinski definition) is 1. The first-order valence-corrected chi connectivity index (χ1v) is 6.12. The van der Waals surface area contributed by atoms with Crippen molar-refractivity contribution in [3.63, 3.8) is 0 Å². The van der Waals surface area contributed by atoms with Crippen LogP contribution in [0.25, 0.3) is 11.4 Å². The number of halogens is 5. The molecule has 0 saturated heterocycles. The lowest BCUT2D eigenvalue weighted by Crippen LogP contribution is -2.12. The van der Waals surface area contributed by atoms with Gasteiger partial charge in [0.2, 0.25) is 0 Å². The molecule has 0 aliphatic carbocycles. The standard InChI is InChI=1S/C12H7BrF4N2O/c1-5-9(13)11(20)19-10(18-5)6-2-7(12(15,16)17)4-8(14)3-6/h2-4H,1H3,(H,18,19,20). The van der Waals surface area contributed by atoms with Crippen molar-refractivity contribution in [1.82, 2.24) is 9.97 Å². The predicted molar refractivity (Wildman–Crippen MR) is 67.7 cm³/mol. The summed E-state index contributed by atoms with van der Waals surface area (Å²) in [4.78, 5) is 17.8. The molecule has 0 radical (unpaired) electrons. The second-order valence-corrected chi connectivity index (χ2v) is 4.83. The van der Waals surface area contributed by atoms with Gasteiger partial charge in [0.25, 0.3) is 5.56 Å². The Morgan fingerprint density at radius 1 is 1.25 bits per heavy atom. The van der Waals surface area contributed by atoms with E-state index in [2.05, 4.69) is 25.9 Å². The lowest BCUT2D eigenvalue weighted by atomic mass is 10.1. The first kappa shape index (κ1) is 14.7. The maximum Gasteiger partial charge on any atom is 0.416 e. The highest BCUT2D eigenvalue weighted by molar-refractivity contribution is 9.10. The zero-order chi connectivity index (χ0) is 15.1. The zero-order valence-electron chi connectivity index (χ0n) is 9.98. The molecule has 0 atom stereocenters. The molecule has 0 unspecified atom stereocenters. The van der Waals surface area contributed by atoms with Crippen LogP contribution in [0.15, 0.2) is 27.5 Å². The third-order valence-corrected chi connectivity index (χ3v) is 3.46. The molecule has 1 aromatic heterocycles. The van der Waals surface area contributed by atoms with Gasteiger partial charge in [0.05, 0.1) is 11.3 Å². The smallest absolute Gasteiger partial charge is 0.306 e. The fraction of sp³-hybridized carbons (Fsp3) is 0.167. The fourth-order valence-corrected chi connectivity index (χ4v) is 1.79. The van der Waals surface area contributed by atoms with E-state index < -0.39 is 23.1 Å². The van der Waals surface area contributed by atoms with Gasteiger partial charge in [-0.2, -0.15) is 13.2 Å². The van der Waals surface area contributed by atoms with Crippen molar-refractivity contribution in [2.75, 3.05) is 0 Å². The third kappa shape index (κ3) is 2.90. The fourth-order valence-electron chi connectivity index (χ4n) is 1.60. The zero-order valence-corrected chi connectivity index (χ0v) is 11.6. The van der Waals surface area contributed by atoms with Crippen LogP contribution in [0.5, 0.6) is 0 Å². The van der Waals surface area contributed by atoms with Crippen LogP contribution in [0.1, 0.15) is 11.3 Å². The van der Waals surface area contributed by atoms with Crippen molar-refractivity contribution in [3.8, 4) is 11.4 Å². The van der Waals surface area contributed by atoms with Crippen LogP contribution < -0.4 is 5.56 Å². The van der Waals surface area contributed by atoms with Gasteiger partial charge in [-0.05, 0) is 41.1 Å². The number of hydrogen-bond acceptors (Lipinski definition) is 2. The number of H-pyrrole nitrogens is 1. The molecule has 106 valence electrons. The molecule has 3 nitrogen and oxygen atoms in total. The Hall–Kier alpha value is -1.70. The van der Waals surface area contributed by atoms with Crippen molar-refractivity contribution < 1.29 is 17.6 Å². The second-order valence-electron chi connectivity index (χ2n) is 4.04. The molecule has 1 aromatic carbocycles. The molecule has 2 aromatic rings. The Balaban J connectivity index is 2.65. The molecule has 0 aliphatic heterocycles. The van der Waals surface area contributed by atoms with E-state index in [1.54, 1.807) is 0 Å². The molecule has 2 rings (SSSR count). The monoisotopic (exact) mass is 350 g/mol. The summed E-state index contributed by atoms with van der Waals surface area (Å²) in [6.45, 7) is 1.51. The van der Waals surface area contributed by atoms with Crippen LogP contribution in [-0.2, 0) is 6.18 Å². The van der Waals surface area contributed by atoms with Gasteiger partial charge in [0.1, 0.15) is 16.1 Å². The van der Waals surface area contributed by atoms with Gasteiger partial charge < -0.3 is 4.98 Å². The predicted octanol–water partition coefficient (Wildman–Crippen LogP) is 3.67. The summed E-state index contributed by atoms with van der Waals surface area (Å²) >= 11 is 2.99. The summed E-state index contributed by atoms with van der Waals surface area (Å²) in [6, 6.07) is 1.99. The normalized spacial score (nSPS) is 11.7. The minimum Gasteiger partial charge on any atom is -0.306 e. The molecular formula is C12H7BrF4N2O. The number of aryl methyl sites for hydroxylation is 1. The van der Waals surface area contributed by atoms with Gasteiger partial charge in [-0.1, -0.05) is 0 Å². The van der Waals surface area contributed by atoms with E-state index in [1.165, 1.54) is 6.92 Å². The summed E-state index contributed by atoms with van der Waals surface area (Å²) in [5, 5.41) is 0. The average Bonchev–Trinajstić information content (AvgIpc) is 2.33. The average molecular weight is 351 g/mol. The van der Waals surface area contributed by atoms with E-state index in [1.807, 2.05) is 0 Å². The van der Waals surface area contributed by atoms with Gasteiger partial charge in [0.15, 0.2) is 0 Å². The van der Waals surface area contributed by atoms with Gasteiger partial charge in [0, 0.05) is 5.56 Å². The highest BCUT2D eigenvalue weighted by Crippen LogP contribution is 2.32. The van der Waals surface area contributed by atoms with E-state index in [0.717, 1.165) is 12.1 Å². The molecule has 8 heteroatoms. The number of aromatic nitrogens is 2. The molecule has 1 heterocycles. The molecule has 0 spiro atoms. The van der Waals surface area contributed by atoms with Gasteiger partial charge in [-0.25, -0.2) is 9.37 Å². The summed E-state index contributed by atoms with van der Waals surface area (Å²) in [5.41, 5.74) is -1.55. The first-order valence-electron chi connectivity index (χ1n) is 5.33. The van der Waals surface area contributed by atoms with Gasteiger partial charge in [-0.15, -0.1) is 0 Å². The topological polar surface area (TPSA) is 45.8 Å². The minimum atomic E-state index is -4.68. The molecule has 0 bridgehead atoms. The van der Waals surface area contributed by atoms with Crippen molar-refractivity contribution in [3.05, 3.63) is 50.1 Å². The van der Waals surface area contributed by atoms with Crippen molar-refractivity contribution >= 4 is 15.9 Å². The number of nitrogens with zero attached hydrogens (tertiary/aromatic N) is 1. The molecule has 0 aliphatic rings. The van der Waals surface area contributed by atoms with Crippen LogP contribution in [0, 0.1) is 12.7 Å². The van der Waals surface area contributed by atoms with E-state index >= 15 is 0 Å².